The number of rotatable bonds is 9. The fourth-order valence-electron chi connectivity index (χ4n) is 3.81. The molecule has 0 heterocycles. The van der Waals surface area contributed by atoms with E-state index in [-0.39, 0.29) is 30.8 Å². The second-order valence-electron chi connectivity index (χ2n) is 8.07. The SMILES string of the molecule is Cl.N[C@H]1CC[C@H](CC(=O)NC(Cc2ccc(OCc3ccccc3)cc2)C(=O)O)CC1. The van der Waals surface area contributed by atoms with E-state index in [0.717, 1.165) is 36.8 Å². The van der Waals surface area contributed by atoms with Crippen molar-refractivity contribution in [1.29, 1.82) is 0 Å². The third-order valence-corrected chi connectivity index (χ3v) is 5.61. The Kier molecular flexibility index (Phi) is 9.82. The molecule has 4 N–H and O–H groups in total. The van der Waals surface area contributed by atoms with Crippen molar-refractivity contribution in [3.63, 3.8) is 0 Å². The molecular formula is C24H31ClN2O4. The van der Waals surface area contributed by atoms with Crippen molar-refractivity contribution >= 4 is 24.3 Å². The van der Waals surface area contributed by atoms with Gasteiger partial charge in [-0.3, -0.25) is 4.79 Å². The Labute approximate surface area is 189 Å². The van der Waals surface area contributed by atoms with Crippen molar-refractivity contribution in [3.8, 4) is 5.75 Å². The number of halogens is 1. The van der Waals surface area contributed by atoms with Crippen molar-refractivity contribution in [2.45, 2.75) is 57.2 Å². The number of nitrogens with one attached hydrogen (secondary N) is 1. The molecule has 1 aliphatic rings. The van der Waals surface area contributed by atoms with Crippen LogP contribution in [-0.2, 0) is 22.6 Å². The fraction of sp³-hybridized carbons (Fsp3) is 0.417. The molecule has 1 aliphatic carbocycles. The van der Waals surface area contributed by atoms with Gasteiger partial charge in [0.15, 0.2) is 0 Å². The van der Waals surface area contributed by atoms with Crippen molar-refractivity contribution in [2.24, 2.45) is 11.7 Å². The summed E-state index contributed by atoms with van der Waals surface area (Å²) in [4.78, 5) is 24.0. The van der Waals surface area contributed by atoms with Crippen LogP contribution in [0.15, 0.2) is 54.6 Å². The van der Waals surface area contributed by atoms with Crippen LogP contribution in [0.25, 0.3) is 0 Å². The van der Waals surface area contributed by atoms with Gasteiger partial charge in [0, 0.05) is 18.9 Å². The number of carbonyl (C=O) groups is 2. The first-order valence-corrected chi connectivity index (χ1v) is 10.5. The number of hydrogen-bond donors (Lipinski definition) is 3. The highest BCUT2D eigenvalue weighted by Gasteiger charge is 2.24. The average Bonchev–Trinajstić information content (AvgIpc) is 2.75. The molecule has 0 bridgehead atoms. The van der Waals surface area contributed by atoms with Gasteiger partial charge in [0.25, 0.3) is 0 Å². The molecule has 0 radical (unpaired) electrons. The Hall–Kier alpha value is -2.57. The van der Waals surface area contributed by atoms with Crippen LogP contribution < -0.4 is 15.8 Å². The maximum atomic E-state index is 12.3. The first-order chi connectivity index (χ1) is 14.5. The number of benzene rings is 2. The van der Waals surface area contributed by atoms with Crippen LogP contribution in [0.2, 0.25) is 0 Å². The molecule has 2 aromatic carbocycles. The minimum Gasteiger partial charge on any atom is -0.489 e. The maximum absolute atomic E-state index is 12.3. The summed E-state index contributed by atoms with van der Waals surface area (Å²) in [5.74, 6) is -0.224. The van der Waals surface area contributed by atoms with Crippen LogP contribution in [0.5, 0.6) is 5.75 Å². The molecule has 0 aromatic heterocycles. The summed E-state index contributed by atoms with van der Waals surface area (Å²) in [6, 6.07) is 16.5. The zero-order valence-electron chi connectivity index (χ0n) is 17.5. The van der Waals surface area contributed by atoms with E-state index in [1.807, 2.05) is 54.6 Å². The standard InChI is InChI=1S/C24H30N2O4.ClH/c25-20-10-6-18(7-11-20)15-23(27)26-22(24(28)29)14-17-8-12-21(13-9-17)30-16-19-4-2-1-3-5-19;/h1-5,8-9,12-13,18,20,22H,6-7,10-11,14-16,25H2,(H,26,27)(H,28,29);1H/t18-,20-,22?;. The summed E-state index contributed by atoms with van der Waals surface area (Å²) < 4.78 is 5.76. The third-order valence-electron chi connectivity index (χ3n) is 5.61. The highest BCUT2D eigenvalue weighted by atomic mass is 35.5. The van der Waals surface area contributed by atoms with E-state index < -0.39 is 12.0 Å². The number of amides is 1. The van der Waals surface area contributed by atoms with Gasteiger partial charge in [0.05, 0.1) is 0 Å². The summed E-state index contributed by atoms with van der Waals surface area (Å²) in [7, 11) is 0. The van der Waals surface area contributed by atoms with E-state index in [2.05, 4.69) is 5.32 Å². The summed E-state index contributed by atoms with van der Waals surface area (Å²) >= 11 is 0. The maximum Gasteiger partial charge on any atom is 0.326 e. The van der Waals surface area contributed by atoms with Gasteiger partial charge in [0.1, 0.15) is 18.4 Å². The van der Waals surface area contributed by atoms with Crippen molar-refractivity contribution < 1.29 is 19.4 Å². The number of nitrogens with two attached hydrogens (primary N) is 1. The molecule has 168 valence electrons. The van der Waals surface area contributed by atoms with Gasteiger partial charge in [0.2, 0.25) is 5.91 Å². The molecule has 31 heavy (non-hydrogen) atoms. The first-order valence-electron chi connectivity index (χ1n) is 10.5. The van der Waals surface area contributed by atoms with Crippen LogP contribution >= 0.6 is 12.4 Å². The second kappa shape index (κ2) is 12.3. The van der Waals surface area contributed by atoms with Gasteiger partial charge in [-0.05, 0) is 54.9 Å². The van der Waals surface area contributed by atoms with Crippen molar-refractivity contribution in [1.82, 2.24) is 5.32 Å². The summed E-state index contributed by atoms with van der Waals surface area (Å²) in [6.07, 6.45) is 4.31. The van der Waals surface area contributed by atoms with Gasteiger partial charge >= 0.3 is 5.97 Å². The Morgan fingerprint density at radius 1 is 1.00 bits per heavy atom. The van der Waals surface area contributed by atoms with Crippen molar-refractivity contribution in [2.75, 3.05) is 0 Å². The molecule has 1 unspecified atom stereocenters. The molecule has 1 amide bonds. The lowest BCUT2D eigenvalue weighted by molar-refractivity contribution is -0.142. The number of aliphatic carboxylic acids is 1. The number of carbonyl (C=O) groups excluding carboxylic acids is 1. The normalized spacial score (nSPS) is 19.0. The van der Waals surface area contributed by atoms with E-state index in [1.54, 1.807) is 0 Å². The Morgan fingerprint density at radius 2 is 1.65 bits per heavy atom. The van der Waals surface area contributed by atoms with Gasteiger partial charge in [-0.1, -0.05) is 42.5 Å². The molecule has 1 fully saturated rings. The number of ether oxygens (including phenoxy) is 1. The van der Waals surface area contributed by atoms with Gasteiger partial charge in [-0.25, -0.2) is 4.79 Å². The quantitative estimate of drug-likeness (QED) is 0.545. The lowest BCUT2D eigenvalue weighted by Gasteiger charge is -2.26. The summed E-state index contributed by atoms with van der Waals surface area (Å²) in [5, 5.41) is 12.2. The van der Waals surface area contributed by atoms with E-state index in [4.69, 9.17) is 10.5 Å². The Morgan fingerprint density at radius 3 is 2.26 bits per heavy atom. The van der Waals surface area contributed by atoms with E-state index in [9.17, 15) is 14.7 Å². The predicted octanol–water partition coefficient (Wildman–Crippen LogP) is 3.71. The monoisotopic (exact) mass is 446 g/mol. The predicted molar refractivity (Wildman–Crippen MR) is 122 cm³/mol. The van der Waals surface area contributed by atoms with Crippen LogP contribution in [0.1, 0.15) is 43.2 Å². The van der Waals surface area contributed by atoms with Gasteiger partial charge < -0.3 is 20.9 Å². The molecule has 3 rings (SSSR count). The minimum atomic E-state index is -1.03. The molecule has 0 saturated heterocycles. The average molecular weight is 447 g/mol. The first kappa shape index (κ1) is 24.7. The highest BCUT2D eigenvalue weighted by molar-refractivity contribution is 5.85. The van der Waals surface area contributed by atoms with Gasteiger partial charge in [-0.2, -0.15) is 0 Å². The third kappa shape index (κ3) is 8.23. The highest BCUT2D eigenvalue weighted by Crippen LogP contribution is 2.25. The largest absolute Gasteiger partial charge is 0.489 e. The Bertz CT molecular complexity index is 821. The van der Waals surface area contributed by atoms with E-state index in [1.165, 1.54) is 0 Å². The molecular weight excluding hydrogens is 416 g/mol. The number of carboxylic acids is 1. The second-order valence-corrected chi connectivity index (χ2v) is 8.07. The smallest absolute Gasteiger partial charge is 0.326 e. The lowest BCUT2D eigenvalue weighted by Crippen LogP contribution is -2.43. The molecule has 1 saturated carbocycles. The van der Waals surface area contributed by atoms with Crippen LogP contribution in [0, 0.1) is 5.92 Å². The summed E-state index contributed by atoms with van der Waals surface area (Å²) in [5.41, 5.74) is 7.82. The van der Waals surface area contributed by atoms with Crippen molar-refractivity contribution in [3.05, 3.63) is 65.7 Å². The summed E-state index contributed by atoms with van der Waals surface area (Å²) in [6.45, 7) is 0.472. The molecule has 6 nitrogen and oxygen atoms in total. The van der Waals surface area contributed by atoms with Crippen LogP contribution in [0.3, 0.4) is 0 Å². The molecule has 2 aromatic rings. The number of carboxylic acid groups (broad SMARTS) is 1. The zero-order valence-corrected chi connectivity index (χ0v) is 18.4. The number of hydrogen-bond acceptors (Lipinski definition) is 4. The topological polar surface area (TPSA) is 102 Å². The fourth-order valence-corrected chi connectivity index (χ4v) is 3.81. The van der Waals surface area contributed by atoms with E-state index >= 15 is 0 Å². The van der Waals surface area contributed by atoms with Gasteiger partial charge in [-0.15, -0.1) is 12.4 Å². The zero-order chi connectivity index (χ0) is 21.3. The molecule has 0 spiro atoms. The molecule has 7 heteroatoms. The molecule has 0 aliphatic heterocycles. The lowest BCUT2D eigenvalue weighted by atomic mass is 9.84. The van der Waals surface area contributed by atoms with Crippen LogP contribution in [0.4, 0.5) is 0 Å². The van der Waals surface area contributed by atoms with Crippen LogP contribution in [-0.4, -0.2) is 29.1 Å². The minimum absolute atomic E-state index is 0. The van der Waals surface area contributed by atoms with E-state index in [0.29, 0.717) is 24.7 Å². The molecule has 1 atom stereocenters. The Balaban J connectivity index is 0.00000341.